The minimum absolute atomic E-state index is 0.127. The molecule has 0 aliphatic rings. The average molecular weight is 265 g/mol. The molecule has 1 aromatic carbocycles. The molecule has 2 rings (SSSR count). The molecule has 0 bridgehead atoms. The molecule has 0 atom stereocenters. The first-order chi connectivity index (χ1) is 8.56. The molecule has 0 aliphatic carbocycles. The lowest BCUT2D eigenvalue weighted by atomic mass is 10.2. The van der Waals surface area contributed by atoms with Gasteiger partial charge in [-0.3, -0.25) is 10.1 Å². The van der Waals surface area contributed by atoms with Gasteiger partial charge in [0.15, 0.2) is 0 Å². The van der Waals surface area contributed by atoms with Crippen LogP contribution < -0.4 is 5.32 Å². The highest BCUT2D eigenvalue weighted by molar-refractivity contribution is 7.09. The summed E-state index contributed by atoms with van der Waals surface area (Å²) in [5.41, 5.74) is 1.14. The zero-order valence-electron chi connectivity index (χ0n) is 9.58. The summed E-state index contributed by atoms with van der Waals surface area (Å²) in [6.07, 6.45) is 0. The van der Waals surface area contributed by atoms with E-state index < -0.39 is 4.92 Å². The molecule has 0 aliphatic heterocycles. The van der Waals surface area contributed by atoms with Crippen LogP contribution in [-0.2, 0) is 6.54 Å². The van der Waals surface area contributed by atoms with Crippen molar-refractivity contribution in [2.75, 3.05) is 5.32 Å². The van der Waals surface area contributed by atoms with E-state index >= 15 is 0 Å². The Labute approximate surface area is 107 Å². The Morgan fingerprint density at radius 3 is 2.94 bits per heavy atom. The molecule has 0 saturated carbocycles. The summed E-state index contributed by atoms with van der Waals surface area (Å²) in [7, 11) is 0. The number of nitrogens with one attached hydrogen (secondary N) is 1. The molecule has 0 saturated heterocycles. The lowest BCUT2D eigenvalue weighted by molar-refractivity contribution is -0.384. The van der Waals surface area contributed by atoms with E-state index in [1.165, 1.54) is 23.5 Å². The SMILES string of the molecule is Cc1csc(CNc2ccc(O)cc2[N+](=O)[O-])n1. The second kappa shape index (κ2) is 5.01. The molecule has 0 fully saturated rings. The van der Waals surface area contributed by atoms with E-state index in [1.807, 2.05) is 12.3 Å². The second-order valence-electron chi connectivity index (χ2n) is 3.69. The molecule has 0 radical (unpaired) electrons. The normalized spacial score (nSPS) is 10.3. The van der Waals surface area contributed by atoms with Gasteiger partial charge in [0, 0.05) is 11.1 Å². The molecular formula is C11H11N3O3S. The molecule has 0 amide bonds. The van der Waals surface area contributed by atoms with E-state index in [0.29, 0.717) is 12.2 Å². The van der Waals surface area contributed by atoms with E-state index in [4.69, 9.17) is 0 Å². The van der Waals surface area contributed by atoms with Crippen molar-refractivity contribution < 1.29 is 10.0 Å². The molecule has 0 spiro atoms. The number of phenols is 1. The van der Waals surface area contributed by atoms with Crippen LogP contribution in [0.4, 0.5) is 11.4 Å². The Balaban J connectivity index is 2.16. The minimum atomic E-state index is -0.533. The van der Waals surface area contributed by atoms with Gasteiger partial charge in [0.2, 0.25) is 0 Å². The van der Waals surface area contributed by atoms with Gasteiger partial charge in [-0.1, -0.05) is 0 Å². The number of aromatic nitrogens is 1. The number of aryl methyl sites for hydroxylation is 1. The van der Waals surface area contributed by atoms with Gasteiger partial charge < -0.3 is 10.4 Å². The molecule has 1 heterocycles. The maximum Gasteiger partial charge on any atom is 0.296 e. The van der Waals surface area contributed by atoms with Crippen molar-refractivity contribution in [1.82, 2.24) is 4.98 Å². The standard InChI is InChI=1S/C11H11N3O3S/c1-7-6-18-11(13-7)5-12-9-3-2-8(15)4-10(9)14(16)17/h2-4,6,12,15H,5H2,1H3. The average Bonchev–Trinajstić information content (AvgIpc) is 2.73. The topological polar surface area (TPSA) is 88.3 Å². The first kappa shape index (κ1) is 12.3. The van der Waals surface area contributed by atoms with E-state index in [-0.39, 0.29) is 11.4 Å². The smallest absolute Gasteiger partial charge is 0.296 e. The van der Waals surface area contributed by atoms with Crippen molar-refractivity contribution in [1.29, 1.82) is 0 Å². The van der Waals surface area contributed by atoms with Gasteiger partial charge in [-0.25, -0.2) is 4.98 Å². The van der Waals surface area contributed by atoms with Crippen LogP contribution in [0.15, 0.2) is 23.6 Å². The fourth-order valence-electron chi connectivity index (χ4n) is 1.48. The van der Waals surface area contributed by atoms with Crippen molar-refractivity contribution >= 4 is 22.7 Å². The van der Waals surface area contributed by atoms with E-state index in [1.54, 1.807) is 0 Å². The van der Waals surface area contributed by atoms with Gasteiger partial charge in [0.25, 0.3) is 5.69 Å². The third kappa shape index (κ3) is 2.75. The van der Waals surface area contributed by atoms with Crippen molar-refractivity contribution in [2.24, 2.45) is 0 Å². The maximum atomic E-state index is 10.8. The Morgan fingerprint density at radius 2 is 2.33 bits per heavy atom. The van der Waals surface area contributed by atoms with Crippen molar-refractivity contribution in [3.8, 4) is 5.75 Å². The predicted octanol–water partition coefficient (Wildman–Crippen LogP) is 2.68. The number of hydrogen-bond donors (Lipinski definition) is 2. The number of benzene rings is 1. The molecule has 1 aromatic heterocycles. The fourth-order valence-corrected chi connectivity index (χ4v) is 2.19. The van der Waals surface area contributed by atoms with Crippen LogP contribution in [0.3, 0.4) is 0 Å². The molecule has 0 unspecified atom stereocenters. The summed E-state index contributed by atoms with van der Waals surface area (Å²) < 4.78 is 0. The molecule has 2 N–H and O–H groups in total. The Hall–Kier alpha value is -2.15. The van der Waals surface area contributed by atoms with Crippen LogP contribution >= 0.6 is 11.3 Å². The highest BCUT2D eigenvalue weighted by atomic mass is 32.1. The van der Waals surface area contributed by atoms with Crippen LogP contribution in [0.5, 0.6) is 5.75 Å². The van der Waals surface area contributed by atoms with Crippen LogP contribution in [0.25, 0.3) is 0 Å². The third-order valence-electron chi connectivity index (χ3n) is 2.27. The van der Waals surface area contributed by atoms with E-state index in [2.05, 4.69) is 10.3 Å². The molecule has 18 heavy (non-hydrogen) atoms. The van der Waals surface area contributed by atoms with Crippen molar-refractivity contribution in [2.45, 2.75) is 13.5 Å². The number of nitrogens with zero attached hydrogens (tertiary/aromatic N) is 2. The Bertz CT molecular complexity index is 583. The monoisotopic (exact) mass is 265 g/mol. The number of anilines is 1. The first-order valence-corrected chi connectivity index (χ1v) is 6.06. The van der Waals surface area contributed by atoms with Crippen molar-refractivity contribution in [3.05, 3.63) is 44.4 Å². The van der Waals surface area contributed by atoms with Gasteiger partial charge in [0.1, 0.15) is 16.4 Å². The lowest BCUT2D eigenvalue weighted by Gasteiger charge is -2.05. The number of rotatable bonds is 4. The van der Waals surface area contributed by atoms with Crippen LogP contribution in [0, 0.1) is 17.0 Å². The predicted molar refractivity (Wildman–Crippen MR) is 68.9 cm³/mol. The van der Waals surface area contributed by atoms with Gasteiger partial charge in [0.05, 0.1) is 17.5 Å². The van der Waals surface area contributed by atoms with Crippen LogP contribution in [0.1, 0.15) is 10.7 Å². The number of aromatic hydroxyl groups is 1. The largest absolute Gasteiger partial charge is 0.508 e. The summed E-state index contributed by atoms with van der Waals surface area (Å²) in [5.74, 6) is -0.127. The summed E-state index contributed by atoms with van der Waals surface area (Å²) >= 11 is 1.49. The van der Waals surface area contributed by atoms with Crippen LogP contribution in [-0.4, -0.2) is 15.0 Å². The summed E-state index contributed by atoms with van der Waals surface area (Å²) in [5, 5.41) is 25.8. The molecule has 7 heteroatoms. The number of nitro groups is 1. The zero-order valence-corrected chi connectivity index (χ0v) is 10.4. The quantitative estimate of drug-likeness (QED) is 0.504. The third-order valence-corrected chi connectivity index (χ3v) is 3.24. The zero-order chi connectivity index (χ0) is 13.1. The molecular weight excluding hydrogens is 254 g/mol. The molecule has 94 valence electrons. The minimum Gasteiger partial charge on any atom is -0.508 e. The number of nitro benzene ring substituents is 1. The summed E-state index contributed by atoms with van der Waals surface area (Å²) in [4.78, 5) is 14.6. The molecule has 6 nitrogen and oxygen atoms in total. The highest BCUT2D eigenvalue weighted by Crippen LogP contribution is 2.28. The number of hydrogen-bond acceptors (Lipinski definition) is 6. The van der Waals surface area contributed by atoms with Crippen molar-refractivity contribution in [3.63, 3.8) is 0 Å². The summed E-state index contributed by atoms with van der Waals surface area (Å²) in [6.45, 7) is 2.31. The van der Waals surface area contributed by atoms with E-state index in [0.717, 1.165) is 16.8 Å². The second-order valence-corrected chi connectivity index (χ2v) is 4.64. The van der Waals surface area contributed by atoms with Gasteiger partial charge in [-0.15, -0.1) is 11.3 Å². The van der Waals surface area contributed by atoms with Gasteiger partial charge in [-0.2, -0.15) is 0 Å². The van der Waals surface area contributed by atoms with Gasteiger partial charge >= 0.3 is 0 Å². The number of phenolic OH excluding ortho intramolecular Hbond substituents is 1. The number of thiazole rings is 1. The Morgan fingerprint density at radius 1 is 1.56 bits per heavy atom. The first-order valence-electron chi connectivity index (χ1n) is 5.18. The lowest BCUT2D eigenvalue weighted by Crippen LogP contribution is -2.02. The molecule has 2 aromatic rings. The maximum absolute atomic E-state index is 10.8. The van der Waals surface area contributed by atoms with E-state index in [9.17, 15) is 15.2 Å². The Kier molecular flexibility index (Phi) is 3.42. The van der Waals surface area contributed by atoms with Gasteiger partial charge in [-0.05, 0) is 19.1 Å². The highest BCUT2D eigenvalue weighted by Gasteiger charge is 2.14. The fraction of sp³-hybridized carbons (Fsp3) is 0.182. The van der Waals surface area contributed by atoms with Crippen LogP contribution in [0.2, 0.25) is 0 Å². The summed E-state index contributed by atoms with van der Waals surface area (Å²) in [6, 6.07) is 4.01.